The van der Waals surface area contributed by atoms with E-state index in [4.69, 9.17) is 0 Å². The van der Waals surface area contributed by atoms with Crippen LogP contribution in [0.1, 0.15) is 65.2 Å². The molecule has 0 nitrogen and oxygen atoms in total. The van der Waals surface area contributed by atoms with Gasteiger partial charge in [-0.2, -0.15) is 0 Å². The Labute approximate surface area is 235 Å². The van der Waals surface area contributed by atoms with E-state index in [2.05, 4.69) is 139 Å². The molecule has 1 heteroatoms. The molecule has 5 rings (SSSR count). The molecule has 38 heavy (non-hydrogen) atoms. The van der Waals surface area contributed by atoms with Crippen molar-refractivity contribution in [3.63, 3.8) is 0 Å². The van der Waals surface area contributed by atoms with Crippen molar-refractivity contribution in [3.05, 3.63) is 130 Å². The molecular weight excluding hydrogens is 492 g/mol. The Morgan fingerprint density at radius 3 is 1.42 bits per heavy atom. The van der Waals surface area contributed by atoms with E-state index in [1.54, 1.807) is 22.3 Å². The summed E-state index contributed by atoms with van der Waals surface area (Å²) in [5.74, 6) is 2.52. The Morgan fingerprint density at radius 2 is 1.03 bits per heavy atom. The molecule has 0 aromatic heterocycles. The number of benzene rings is 3. The summed E-state index contributed by atoms with van der Waals surface area (Å²) in [7, 11) is 0. The minimum atomic E-state index is -2.91. The SMILES string of the molecule is CC1=C(C)C(C)C2=C1[C](C)([Ti]([CH2]c1ccccc1)([CH2]c1ccccc1)[CH2]c1ccccc1)C(C)C(C)C2C. The van der Waals surface area contributed by atoms with Crippen LogP contribution in [0.2, 0.25) is 3.72 Å². The molecule has 0 fully saturated rings. The first-order valence-corrected chi connectivity index (χ1v) is 18.8. The molecule has 3 aromatic carbocycles. The van der Waals surface area contributed by atoms with Gasteiger partial charge in [-0.15, -0.1) is 0 Å². The number of hydrogen-bond donors (Lipinski definition) is 0. The van der Waals surface area contributed by atoms with Crippen LogP contribution in [0.15, 0.2) is 113 Å². The monoisotopic (exact) mass is 538 g/mol. The molecule has 0 bridgehead atoms. The van der Waals surface area contributed by atoms with Crippen LogP contribution in [0, 0.1) is 23.7 Å². The zero-order valence-corrected chi connectivity index (χ0v) is 26.2. The molecule has 0 heterocycles. The van der Waals surface area contributed by atoms with Crippen molar-refractivity contribution < 1.29 is 16.6 Å². The summed E-state index contributed by atoms with van der Waals surface area (Å²) < 4.78 is 3.97. The maximum absolute atomic E-state index is 2.91. The Kier molecular flexibility index (Phi) is 7.78. The summed E-state index contributed by atoms with van der Waals surface area (Å²) in [5, 5.41) is 0. The fourth-order valence-corrected chi connectivity index (χ4v) is 18.8. The van der Waals surface area contributed by atoms with Gasteiger partial charge in [0.15, 0.2) is 0 Å². The van der Waals surface area contributed by atoms with Crippen LogP contribution in [-0.4, -0.2) is 0 Å². The van der Waals surface area contributed by atoms with Crippen LogP contribution < -0.4 is 0 Å². The third-order valence-corrected chi connectivity index (χ3v) is 20.8. The van der Waals surface area contributed by atoms with Gasteiger partial charge in [0.05, 0.1) is 0 Å². The van der Waals surface area contributed by atoms with Crippen molar-refractivity contribution in [3.8, 4) is 0 Å². The first-order valence-electron chi connectivity index (χ1n) is 14.7. The molecule has 3 aromatic rings. The van der Waals surface area contributed by atoms with Gasteiger partial charge in [0, 0.05) is 0 Å². The molecule has 198 valence electrons. The van der Waals surface area contributed by atoms with Gasteiger partial charge >= 0.3 is 237 Å². The maximum atomic E-state index is 2.75. The Bertz CT molecular complexity index is 1220. The van der Waals surface area contributed by atoms with E-state index in [-0.39, 0.29) is 3.72 Å². The van der Waals surface area contributed by atoms with E-state index in [0.29, 0.717) is 23.7 Å². The molecule has 2 aliphatic carbocycles. The summed E-state index contributed by atoms with van der Waals surface area (Å²) in [6.07, 6.45) is 0. The summed E-state index contributed by atoms with van der Waals surface area (Å²) in [6.45, 7) is 17.8. The van der Waals surface area contributed by atoms with Gasteiger partial charge < -0.3 is 0 Å². The predicted octanol–water partition coefficient (Wildman–Crippen LogP) is 10.1. The van der Waals surface area contributed by atoms with Crippen LogP contribution in [-0.2, 0) is 30.8 Å². The van der Waals surface area contributed by atoms with Crippen molar-refractivity contribution in [2.45, 2.75) is 66.4 Å². The van der Waals surface area contributed by atoms with E-state index in [9.17, 15) is 0 Å². The number of rotatable bonds is 7. The Morgan fingerprint density at radius 1 is 0.632 bits per heavy atom. The molecule has 0 aliphatic heterocycles. The van der Waals surface area contributed by atoms with E-state index in [1.807, 2.05) is 0 Å². The van der Waals surface area contributed by atoms with E-state index >= 15 is 0 Å². The van der Waals surface area contributed by atoms with Gasteiger partial charge in [0.2, 0.25) is 0 Å². The third kappa shape index (κ3) is 4.53. The predicted molar refractivity (Wildman–Crippen MR) is 161 cm³/mol. The van der Waals surface area contributed by atoms with Crippen LogP contribution in [0.5, 0.6) is 0 Å². The van der Waals surface area contributed by atoms with Crippen molar-refractivity contribution in [1.82, 2.24) is 0 Å². The van der Waals surface area contributed by atoms with Gasteiger partial charge in [-0.25, -0.2) is 0 Å². The molecular formula is C37H46Ti. The Balaban J connectivity index is 1.82. The zero-order valence-electron chi connectivity index (χ0n) is 24.6. The minimum absolute atomic E-state index is 0.207. The van der Waals surface area contributed by atoms with Crippen LogP contribution >= 0.6 is 0 Å². The summed E-state index contributed by atoms with van der Waals surface area (Å²) in [5.41, 5.74) is 11.4. The fourth-order valence-electron chi connectivity index (χ4n) is 8.42. The van der Waals surface area contributed by atoms with E-state index < -0.39 is 16.6 Å². The van der Waals surface area contributed by atoms with Crippen LogP contribution in [0.4, 0.5) is 0 Å². The molecule has 5 atom stereocenters. The van der Waals surface area contributed by atoms with Crippen molar-refractivity contribution in [2.24, 2.45) is 23.7 Å². The second kappa shape index (κ2) is 10.8. The molecule has 0 amide bonds. The molecule has 0 radical (unpaired) electrons. The average molecular weight is 539 g/mol. The van der Waals surface area contributed by atoms with E-state index in [1.165, 1.54) is 30.9 Å². The van der Waals surface area contributed by atoms with Gasteiger partial charge in [0.1, 0.15) is 0 Å². The summed E-state index contributed by atoms with van der Waals surface area (Å²) >= 11 is -2.91. The normalized spacial score (nSPS) is 27.6. The average Bonchev–Trinajstić information content (AvgIpc) is 3.16. The number of hydrogen-bond acceptors (Lipinski definition) is 0. The Hall–Kier alpha value is -2.15. The first-order chi connectivity index (χ1) is 18.2. The number of allylic oxidation sites excluding steroid dienone is 4. The molecule has 5 unspecified atom stereocenters. The summed E-state index contributed by atoms with van der Waals surface area (Å²) in [6, 6.07) is 34.5. The fraction of sp³-hybridized carbons (Fsp3) is 0.405. The van der Waals surface area contributed by atoms with Crippen LogP contribution in [0.3, 0.4) is 0 Å². The van der Waals surface area contributed by atoms with Gasteiger partial charge in [-0.1, -0.05) is 0 Å². The molecule has 0 saturated heterocycles. The third-order valence-electron chi connectivity index (χ3n) is 11.1. The van der Waals surface area contributed by atoms with Gasteiger partial charge in [0.25, 0.3) is 0 Å². The molecule has 2 aliphatic rings. The topological polar surface area (TPSA) is 0 Å². The molecule has 0 saturated carbocycles. The zero-order chi connectivity index (χ0) is 27.1. The molecule has 0 N–H and O–H groups in total. The quantitative estimate of drug-likeness (QED) is 0.263. The second-order valence-electron chi connectivity index (χ2n) is 12.8. The first kappa shape index (κ1) is 27.4. The van der Waals surface area contributed by atoms with Gasteiger partial charge in [-0.05, 0) is 0 Å². The van der Waals surface area contributed by atoms with Crippen molar-refractivity contribution >= 4 is 0 Å². The van der Waals surface area contributed by atoms with Crippen LogP contribution in [0.25, 0.3) is 0 Å². The van der Waals surface area contributed by atoms with Crippen molar-refractivity contribution in [2.75, 3.05) is 0 Å². The second-order valence-corrected chi connectivity index (χ2v) is 20.0. The van der Waals surface area contributed by atoms with Gasteiger partial charge in [-0.3, -0.25) is 0 Å². The van der Waals surface area contributed by atoms with E-state index in [0.717, 1.165) is 0 Å². The van der Waals surface area contributed by atoms with Crippen molar-refractivity contribution in [1.29, 1.82) is 0 Å². The molecule has 0 spiro atoms. The standard InChI is InChI=1S/C16H25.3C7H7.Ti/c1-8-9(2)12(5)16-14(7)10(3)13(6)15(16)11(8)4;3*1-7-5-3-2-4-6-7;/h8-9,11,13H,1-7H3;3*2-6H,1H2;. The summed E-state index contributed by atoms with van der Waals surface area (Å²) in [4.78, 5) is 0.